The maximum absolute atomic E-state index is 14.2. The molecule has 0 spiro atoms. The average molecular weight is 776 g/mol. The number of nitrogens with one attached hydrogen (secondary N) is 1. The van der Waals surface area contributed by atoms with Gasteiger partial charge in [0.2, 0.25) is 17.8 Å². The number of rotatable bonds is 10. The Labute approximate surface area is 326 Å². The molecule has 6 aromatic rings. The van der Waals surface area contributed by atoms with Gasteiger partial charge in [-0.05, 0) is 78.7 Å². The zero-order chi connectivity index (χ0) is 38.1. The van der Waals surface area contributed by atoms with Gasteiger partial charge in [-0.25, -0.2) is 9.78 Å². The maximum Gasteiger partial charge on any atom is 0.336 e. The fourth-order valence-electron chi connectivity index (χ4n) is 6.68. The van der Waals surface area contributed by atoms with Crippen LogP contribution in [0.25, 0.3) is 11.0 Å². The molecule has 3 aromatic heterocycles. The van der Waals surface area contributed by atoms with Crippen molar-refractivity contribution < 1.29 is 13.9 Å². The third-order valence-electron chi connectivity index (χ3n) is 9.50. The average Bonchev–Trinajstić information content (AvgIpc) is 3.50. The second-order valence-corrected chi connectivity index (χ2v) is 15.3. The molecule has 15 heteroatoms. The normalized spacial score (nSPS) is 17.5. The van der Waals surface area contributed by atoms with E-state index in [1.54, 1.807) is 28.8 Å². The summed E-state index contributed by atoms with van der Waals surface area (Å²) in [5, 5.41) is 4.25. The van der Waals surface area contributed by atoms with E-state index in [2.05, 4.69) is 35.1 Å². The van der Waals surface area contributed by atoms with Crippen molar-refractivity contribution in [2.24, 2.45) is 0 Å². The van der Waals surface area contributed by atoms with E-state index in [9.17, 15) is 9.59 Å². The number of hydrogen-bond donors (Lipinski definition) is 1. The van der Waals surface area contributed by atoms with E-state index in [-0.39, 0.29) is 28.5 Å². The Hall–Kier alpha value is -5.70. The Bertz CT molecular complexity index is 2370. The minimum absolute atomic E-state index is 0.0573. The summed E-state index contributed by atoms with van der Waals surface area (Å²) in [5.41, 5.74) is 3.27. The van der Waals surface area contributed by atoms with Crippen LogP contribution < -0.4 is 30.4 Å². The molecule has 55 heavy (non-hydrogen) atoms. The minimum Gasteiger partial charge on any atom is -0.424 e. The molecule has 0 bridgehead atoms. The molecule has 0 aliphatic carbocycles. The number of anilines is 5. The summed E-state index contributed by atoms with van der Waals surface area (Å²) in [4.78, 5) is 52.5. The van der Waals surface area contributed by atoms with E-state index >= 15 is 0 Å². The number of benzene rings is 3. The van der Waals surface area contributed by atoms with Crippen LogP contribution in [-0.4, -0.2) is 82.8 Å². The number of ether oxygens (including phenoxy) is 1. The number of halogens is 1. The Kier molecular flexibility index (Phi) is 10.3. The first kappa shape index (κ1) is 36.3. The number of carbonyl (C=O) groups excluding carboxylic acids is 1. The number of piperazine rings is 1. The van der Waals surface area contributed by atoms with Crippen molar-refractivity contribution in [3.63, 3.8) is 0 Å². The lowest BCUT2D eigenvalue weighted by Crippen LogP contribution is -2.49. The van der Waals surface area contributed by atoms with Crippen molar-refractivity contribution in [2.45, 2.75) is 17.5 Å². The molecule has 0 radical (unpaired) electrons. The highest BCUT2D eigenvalue weighted by Gasteiger charge is 2.43. The molecule has 2 atom stereocenters. The molecule has 2 saturated heterocycles. The van der Waals surface area contributed by atoms with Crippen molar-refractivity contribution >= 4 is 69.3 Å². The predicted molar refractivity (Wildman–Crippen MR) is 217 cm³/mol. The van der Waals surface area contributed by atoms with Crippen LogP contribution in [0.15, 0.2) is 106 Å². The zero-order valence-electron chi connectivity index (χ0n) is 30.4. The molecule has 2 aliphatic rings. The summed E-state index contributed by atoms with van der Waals surface area (Å²) in [6.45, 7) is 5.93. The van der Waals surface area contributed by atoms with Gasteiger partial charge in [-0.1, -0.05) is 29.8 Å². The lowest BCUT2D eigenvalue weighted by atomic mass is 10.1. The summed E-state index contributed by atoms with van der Waals surface area (Å²) in [6, 6.07) is 28.1. The number of aryl methyl sites for hydroxylation is 1. The topological polar surface area (TPSA) is 133 Å². The van der Waals surface area contributed by atoms with Crippen LogP contribution in [0.3, 0.4) is 0 Å². The van der Waals surface area contributed by atoms with E-state index < -0.39 is 5.63 Å². The Morgan fingerprint density at radius 1 is 0.927 bits per heavy atom. The van der Waals surface area contributed by atoms with E-state index in [0.717, 1.165) is 54.2 Å². The van der Waals surface area contributed by atoms with Gasteiger partial charge >= 0.3 is 11.6 Å². The number of carbonyl (C=O) groups is 1. The SMILES string of the molecule is Cc1cc(=O)oc2cc(Oc3nc(Nc4ccc(N5C(=O)C(CN6CCN(c7ccccn7)CC6)SC5c5ccc(Cl)cc5)cc4)nc(N(C)C)n3)ccc12. The van der Waals surface area contributed by atoms with Crippen LogP contribution in [0.1, 0.15) is 16.5 Å². The third-order valence-corrected chi connectivity index (χ3v) is 11.2. The highest BCUT2D eigenvalue weighted by Crippen LogP contribution is 2.46. The maximum atomic E-state index is 14.2. The van der Waals surface area contributed by atoms with Crippen LogP contribution in [-0.2, 0) is 4.79 Å². The summed E-state index contributed by atoms with van der Waals surface area (Å²) < 4.78 is 11.4. The van der Waals surface area contributed by atoms with Gasteiger partial charge in [0.15, 0.2) is 0 Å². The van der Waals surface area contributed by atoms with E-state index in [1.807, 2.05) is 105 Å². The molecule has 5 heterocycles. The monoisotopic (exact) mass is 775 g/mol. The highest BCUT2D eigenvalue weighted by atomic mass is 35.5. The van der Waals surface area contributed by atoms with E-state index in [4.69, 9.17) is 20.8 Å². The van der Waals surface area contributed by atoms with Crippen molar-refractivity contribution in [1.82, 2.24) is 24.8 Å². The molecule has 8 rings (SSSR count). The molecule has 3 aromatic carbocycles. The number of thioether (sulfide) groups is 1. The Balaban J connectivity index is 0.996. The standard InChI is InChI=1S/C40H38ClN9O4S/c1-25-22-35(51)54-32-23-30(15-16-31(25)32)53-40-45-38(44-39(46-40)47(2)3)43-28-11-13-29(14-12-28)50-36(52)33(55-37(50)26-7-9-27(41)10-8-26)24-48-18-20-49(21-19-48)34-6-4-5-17-42-34/h4-17,22-23,33,37H,18-21,24H2,1-3H3,(H,43,44,45,46). The van der Waals surface area contributed by atoms with Crippen molar-refractivity contribution in [3.05, 3.63) is 124 Å². The molecular formula is C40H38ClN9O4S. The van der Waals surface area contributed by atoms with Crippen LogP contribution in [0.5, 0.6) is 11.8 Å². The summed E-state index contributed by atoms with van der Waals surface area (Å²) in [6.07, 6.45) is 1.82. The second kappa shape index (κ2) is 15.6. The van der Waals surface area contributed by atoms with Gasteiger partial charge in [-0.15, -0.1) is 11.8 Å². The Morgan fingerprint density at radius 2 is 1.71 bits per heavy atom. The van der Waals surface area contributed by atoms with Crippen molar-refractivity contribution in [2.75, 3.05) is 66.8 Å². The lowest BCUT2D eigenvalue weighted by Gasteiger charge is -2.36. The zero-order valence-corrected chi connectivity index (χ0v) is 32.0. The molecule has 2 fully saturated rings. The highest BCUT2D eigenvalue weighted by molar-refractivity contribution is 8.01. The molecular weight excluding hydrogens is 738 g/mol. The van der Waals surface area contributed by atoms with Gasteiger partial charge in [0.25, 0.3) is 0 Å². The first-order valence-electron chi connectivity index (χ1n) is 17.8. The number of aromatic nitrogens is 4. The van der Waals surface area contributed by atoms with Gasteiger partial charge in [0.05, 0.1) is 5.25 Å². The summed E-state index contributed by atoms with van der Waals surface area (Å²) in [5.74, 6) is 2.09. The molecule has 2 unspecified atom stereocenters. The van der Waals surface area contributed by atoms with Crippen molar-refractivity contribution in [1.29, 1.82) is 0 Å². The molecule has 1 amide bonds. The Morgan fingerprint density at radius 3 is 2.44 bits per heavy atom. The largest absolute Gasteiger partial charge is 0.424 e. The van der Waals surface area contributed by atoms with E-state index in [1.165, 1.54) is 6.07 Å². The molecule has 2 aliphatic heterocycles. The van der Waals surface area contributed by atoms with Gasteiger partial charge in [0, 0.05) is 86.9 Å². The van der Waals surface area contributed by atoms with Crippen molar-refractivity contribution in [3.8, 4) is 11.8 Å². The fraction of sp³-hybridized carbons (Fsp3) is 0.250. The molecule has 280 valence electrons. The second-order valence-electron chi connectivity index (χ2n) is 13.5. The van der Waals surface area contributed by atoms with Gasteiger partial charge in [0.1, 0.15) is 22.5 Å². The van der Waals surface area contributed by atoms with Crippen LogP contribution in [0.4, 0.5) is 29.1 Å². The number of hydrogen-bond acceptors (Lipinski definition) is 13. The quantitative estimate of drug-likeness (QED) is 0.145. The molecule has 1 N–H and O–H groups in total. The first-order chi connectivity index (χ1) is 26.7. The van der Waals surface area contributed by atoms with Gasteiger partial charge in [-0.3, -0.25) is 14.6 Å². The first-order valence-corrected chi connectivity index (χ1v) is 19.1. The molecule has 13 nitrogen and oxygen atoms in total. The van der Waals surface area contributed by atoms with Crippen LogP contribution in [0.2, 0.25) is 5.02 Å². The van der Waals surface area contributed by atoms with Gasteiger partial charge < -0.3 is 24.3 Å². The minimum atomic E-state index is -0.436. The van der Waals surface area contributed by atoms with Crippen LogP contribution in [0, 0.1) is 6.92 Å². The predicted octanol–water partition coefficient (Wildman–Crippen LogP) is 6.91. The van der Waals surface area contributed by atoms with Gasteiger partial charge in [-0.2, -0.15) is 15.0 Å². The number of amides is 1. The van der Waals surface area contributed by atoms with Crippen LogP contribution >= 0.6 is 23.4 Å². The summed E-state index contributed by atoms with van der Waals surface area (Å²) >= 11 is 7.93. The third kappa shape index (κ3) is 8.07. The number of pyridine rings is 1. The number of fused-ring (bicyclic) bond motifs is 1. The number of nitrogens with zero attached hydrogens (tertiary/aromatic N) is 8. The smallest absolute Gasteiger partial charge is 0.336 e. The summed E-state index contributed by atoms with van der Waals surface area (Å²) in [7, 11) is 3.64. The fourth-order valence-corrected chi connectivity index (χ4v) is 8.30. The molecule has 0 saturated carbocycles. The lowest BCUT2D eigenvalue weighted by molar-refractivity contribution is -0.118. The van der Waals surface area contributed by atoms with E-state index in [0.29, 0.717) is 34.5 Å².